The monoisotopic (exact) mass is 431 g/mol. The van der Waals surface area contributed by atoms with Gasteiger partial charge in [-0.3, -0.25) is 14.4 Å². The molecule has 166 valence electrons. The first-order chi connectivity index (χ1) is 15.5. The second-order valence-corrected chi connectivity index (χ2v) is 9.42. The van der Waals surface area contributed by atoms with E-state index in [9.17, 15) is 14.4 Å². The molecule has 0 saturated heterocycles. The van der Waals surface area contributed by atoms with Crippen LogP contribution in [0.5, 0.6) is 0 Å². The predicted molar refractivity (Wildman–Crippen MR) is 122 cm³/mol. The number of hydrogen-bond acceptors (Lipinski definition) is 3. The van der Waals surface area contributed by atoms with Crippen molar-refractivity contribution in [1.82, 2.24) is 15.2 Å². The third-order valence-electron chi connectivity index (χ3n) is 7.67. The minimum atomic E-state index is -0.524. The molecule has 3 aliphatic carbocycles. The summed E-state index contributed by atoms with van der Waals surface area (Å²) in [5.41, 5.74) is 1.12. The molecule has 6 heteroatoms. The minimum Gasteiger partial charge on any atom is -0.355 e. The van der Waals surface area contributed by atoms with Crippen LogP contribution in [0.15, 0.2) is 59.7 Å². The maximum Gasteiger partial charge on any atom is 0.256 e. The number of rotatable bonds is 7. The summed E-state index contributed by atoms with van der Waals surface area (Å²) in [4.78, 5) is 38.3. The lowest BCUT2D eigenvalue weighted by molar-refractivity contribution is 0.0942. The van der Waals surface area contributed by atoms with Gasteiger partial charge in [0.1, 0.15) is 11.1 Å². The molecule has 3 atom stereocenters. The Balaban J connectivity index is 1.33. The molecule has 2 fully saturated rings. The Morgan fingerprint density at radius 1 is 1.06 bits per heavy atom. The van der Waals surface area contributed by atoms with Gasteiger partial charge < -0.3 is 15.2 Å². The molecule has 2 aromatic rings. The van der Waals surface area contributed by atoms with E-state index in [-0.39, 0.29) is 11.1 Å². The van der Waals surface area contributed by atoms with Crippen molar-refractivity contribution in [1.29, 1.82) is 0 Å². The highest BCUT2D eigenvalue weighted by Crippen LogP contribution is 2.69. The average molecular weight is 432 g/mol. The van der Waals surface area contributed by atoms with Gasteiger partial charge >= 0.3 is 0 Å². The number of nitrogens with zero attached hydrogens (tertiary/aromatic N) is 1. The zero-order valence-corrected chi connectivity index (χ0v) is 18.3. The summed E-state index contributed by atoms with van der Waals surface area (Å²) in [6, 6.07) is 9.99. The Labute approximate surface area is 187 Å². The summed E-state index contributed by atoms with van der Waals surface area (Å²) in [6.45, 7) is 1.13. The summed E-state index contributed by atoms with van der Waals surface area (Å²) < 4.78 is 1.77. The van der Waals surface area contributed by atoms with Gasteiger partial charge in [-0.1, -0.05) is 42.5 Å². The maximum absolute atomic E-state index is 13.0. The van der Waals surface area contributed by atoms with Gasteiger partial charge in [0, 0.05) is 32.5 Å². The largest absolute Gasteiger partial charge is 0.355 e. The zero-order chi connectivity index (χ0) is 22.3. The van der Waals surface area contributed by atoms with Crippen molar-refractivity contribution in [3.8, 4) is 0 Å². The molecule has 2 N–H and O–H groups in total. The molecule has 1 spiro atoms. The van der Waals surface area contributed by atoms with E-state index in [0.717, 1.165) is 18.4 Å². The molecule has 2 amide bonds. The fraction of sp³-hybridized carbons (Fsp3) is 0.423. The van der Waals surface area contributed by atoms with Crippen LogP contribution in [0, 0.1) is 23.2 Å². The molecule has 1 aromatic heterocycles. The molecule has 3 aliphatic rings. The SMILES string of the molecule is CNC(=O)c1cn(CCc2ccccc2)cc(C(=O)NC[C@@H]2C[C@@H]3C=C[C@@H]2C32CC2)c1=O. The Morgan fingerprint density at radius 3 is 2.44 bits per heavy atom. The highest BCUT2D eigenvalue weighted by Gasteiger charge is 2.62. The quantitative estimate of drug-likeness (QED) is 0.662. The van der Waals surface area contributed by atoms with E-state index in [1.165, 1.54) is 19.9 Å². The fourth-order valence-electron chi connectivity index (χ4n) is 5.80. The first-order valence-corrected chi connectivity index (χ1v) is 11.5. The molecule has 0 unspecified atom stereocenters. The van der Waals surface area contributed by atoms with Crippen LogP contribution in [0.2, 0.25) is 0 Å². The standard InChI is InChI=1S/C26H29N3O3/c1-27-24(31)20-15-29(12-9-17-5-3-2-4-6-17)16-21(23(20)30)25(32)28-14-18-13-19-7-8-22(18)26(19)10-11-26/h2-8,15-16,18-19,22H,9-14H2,1H3,(H,27,31)(H,28,32)/t18-,19-,22-/m0/s1. The topological polar surface area (TPSA) is 80.2 Å². The van der Waals surface area contributed by atoms with Crippen LogP contribution in [0.3, 0.4) is 0 Å². The van der Waals surface area contributed by atoms with Crippen molar-refractivity contribution in [2.24, 2.45) is 23.2 Å². The smallest absolute Gasteiger partial charge is 0.256 e. The molecule has 32 heavy (non-hydrogen) atoms. The van der Waals surface area contributed by atoms with Gasteiger partial charge in [-0.25, -0.2) is 0 Å². The lowest BCUT2D eigenvalue weighted by atomic mass is 9.89. The van der Waals surface area contributed by atoms with Gasteiger partial charge in [-0.15, -0.1) is 0 Å². The number of allylic oxidation sites excluding steroid dienone is 2. The lowest BCUT2D eigenvalue weighted by Crippen LogP contribution is -2.37. The number of amides is 2. The van der Waals surface area contributed by atoms with E-state index in [4.69, 9.17) is 0 Å². The van der Waals surface area contributed by atoms with Crippen molar-refractivity contribution in [2.75, 3.05) is 13.6 Å². The Kier molecular flexibility index (Phi) is 5.24. The van der Waals surface area contributed by atoms with Crippen molar-refractivity contribution >= 4 is 11.8 Å². The molecular formula is C26H29N3O3. The zero-order valence-electron chi connectivity index (χ0n) is 18.3. The third kappa shape index (κ3) is 3.57. The number of nitrogens with one attached hydrogen (secondary N) is 2. The van der Waals surface area contributed by atoms with Gasteiger partial charge in [0.25, 0.3) is 11.8 Å². The molecule has 0 aliphatic heterocycles. The Morgan fingerprint density at radius 2 is 1.78 bits per heavy atom. The maximum atomic E-state index is 13.0. The van der Waals surface area contributed by atoms with E-state index in [1.54, 1.807) is 17.0 Å². The number of benzene rings is 1. The van der Waals surface area contributed by atoms with Crippen molar-refractivity contribution in [3.63, 3.8) is 0 Å². The Bertz CT molecular complexity index is 1130. The summed E-state index contributed by atoms with van der Waals surface area (Å²) in [5, 5.41) is 5.51. The fourth-order valence-corrected chi connectivity index (χ4v) is 5.80. The van der Waals surface area contributed by atoms with E-state index in [0.29, 0.717) is 36.3 Å². The molecule has 0 radical (unpaired) electrons. The van der Waals surface area contributed by atoms with Gasteiger partial charge in [0.15, 0.2) is 0 Å². The van der Waals surface area contributed by atoms with Crippen LogP contribution >= 0.6 is 0 Å². The van der Waals surface area contributed by atoms with E-state index < -0.39 is 17.2 Å². The highest BCUT2D eigenvalue weighted by molar-refractivity contribution is 5.99. The molecule has 1 aromatic carbocycles. The number of hydrogen-bond donors (Lipinski definition) is 2. The highest BCUT2D eigenvalue weighted by atomic mass is 16.2. The van der Waals surface area contributed by atoms with Crippen LogP contribution in [0.25, 0.3) is 0 Å². The normalized spacial score (nSPS) is 24.0. The lowest BCUT2D eigenvalue weighted by Gasteiger charge is -2.20. The van der Waals surface area contributed by atoms with Crippen LogP contribution in [-0.2, 0) is 13.0 Å². The van der Waals surface area contributed by atoms with Crippen LogP contribution < -0.4 is 16.1 Å². The number of carbonyl (C=O) groups excluding carboxylic acids is 2. The number of carbonyl (C=O) groups is 2. The predicted octanol–water partition coefficient (Wildman–Crippen LogP) is 2.78. The van der Waals surface area contributed by atoms with Crippen molar-refractivity contribution in [3.05, 3.63) is 81.8 Å². The first-order valence-electron chi connectivity index (χ1n) is 11.5. The van der Waals surface area contributed by atoms with Gasteiger partial charge in [0.05, 0.1) is 0 Å². The van der Waals surface area contributed by atoms with Crippen molar-refractivity contribution < 1.29 is 9.59 Å². The summed E-state index contributed by atoms with van der Waals surface area (Å²) in [5.74, 6) is 0.755. The summed E-state index contributed by atoms with van der Waals surface area (Å²) in [7, 11) is 1.49. The number of aromatic nitrogens is 1. The average Bonchev–Trinajstić information content (AvgIpc) is 3.49. The van der Waals surface area contributed by atoms with Crippen LogP contribution in [0.1, 0.15) is 45.5 Å². The summed E-state index contributed by atoms with van der Waals surface area (Å²) in [6.07, 6.45) is 12.2. The van der Waals surface area contributed by atoms with E-state index >= 15 is 0 Å². The number of aryl methyl sites for hydroxylation is 2. The molecule has 1 heterocycles. The Hall–Kier alpha value is -3.15. The molecule has 6 nitrogen and oxygen atoms in total. The molecule has 2 bridgehead atoms. The summed E-state index contributed by atoms with van der Waals surface area (Å²) >= 11 is 0. The molecular weight excluding hydrogens is 402 g/mol. The molecule has 2 saturated carbocycles. The second kappa shape index (κ2) is 8.08. The van der Waals surface area contributed by atoms with E-state index in [1.807, 2.05) is 30.3 Å². The van der Waals surface area contributed by atoms with Gasteiger partial charge in [-0.05, 0) is 54.4 Å². The second-order valence-electron chi connectivity index (χ2n) is 9.42. The number of pyridine rings is 1. The van der Waals surface area contributed by atoms with E-state index in [2.05, 4.69) is 22.8 Å². The van der Waals surface area contributed by atoms with Crippen molar-refractivity contribution in [2.45, 2.75) is 32.2 Å². The van der Waals surface area contributed by atoms with Crippen LogP contribution in [-0.4, -0.2) is 30.0 Å². The van der Waals surface area contributed by atoms with Gasteiger partial charge in [0.2, 0.25) is 5.43 Å². The van der Waals surface area contributed by atoms with Crippen LogP contribution in [0.4, 0.5) is 0 Å². The molecule has 5 rings (SSSR count). The minimum absolute atomic E-state index is 0.00648. The van der Waals surface area contributed by atoms with Gasteiger partial charge in [-0.2, -0.15) is 0 Å². The first kappa shape index (κ1) is 20.7. The third-order valence-corrected chi connectivity index (χ3v) is 7.67.